The van der Waals surface area contributed by atoms with Gasteiger partial charge in [-0.25, -0.2) is 0 Å². The molecule has 0 aromatic carbocycles. The Balaban J connectivity index is 1.94. The topological polar surface area (TPSA) is 59.1 Å². The number of anilines is 2. The van der Waals surface area contributed by atoms with Crippen LogP contribution in [0.4, 0.5) is 11.5 Å². The summed E-state index contributed by atoms with van der Waals surface area (Å²) in [5, 5.41) is 8.05. The zero-order valence-electron chi connectivity index (χ0n) is 13.2. The highest BCUT2D eigenvalue weighted by atomic mass is 15.3. The highest BCUT2D eigenvalue weighted by Gasteiger charge is 2.17. The van der Waals surface area contributed by atoms with Crippen molar-refractivity contribution in [2.45, 2.75) is 52.0 Å². The summed E-state index contributed by atoms with van der Waals surface area (Å²) in [6.07, 6.45) is 6.07. The lowest BCUT2D eigenvalue weighted by Gasteiger charge is -2.29. The van der Waals surface area contributed by atoms with Crippen LogP contribution >= 0.6 is 0 Å². The third-order valence-electron chi connectivity index (χ3n) is 4.01. The van der Waals surface area contributed by atoms with Crippen molar-refractivity contribution in [3.8, 4) is 0 Å². The monoisotopic (exact) mass is 279 g/mol. The lowest BCUT2D eigenvalue weighted by atomic mass is 10.1. The van der Waals surface area contributed by atoms with Crippen molar-refractivity contribution in [2.24, 2.45) is 7.05 Å². The molecule has 1 aliphatic rings. The minimum atomic E-state index is 0.389. The molecule has 114 valence electrons. The Bertz CT molecular complexity index is 420. The van der Waals surface area contributed by atoms with Crippen molar-refractivity contribution in [3.05, 3.63) is 5.69 Å². The van der Waals surface area contributed by atoms with Crippen LogP contribution in [-0.2, 0) is 13.5 Å². The van der Waals surface area contributed by atoms with Crippen LogP contribution in [0, 0.1) is 0 Å². The second-order valence-electron chi connectivity index (χ2n) is 5.99. The molecule has 0 spiro atoms. The second kappa shape index (κ2) is 6.97. The number of nitrogen functional groups attached to an aromatic ring is 1. The number of aryl methyl sites for hydroxylation is 2. The minimum Gasteiger partial charge on any atom is -0.394 e. The maximum absolute atomic E-state index is 6.21. The van der Waals surface area contributed by atoms with Gasteiger partial charge in [0.2, 0.25) is 0 Å². The van der Waals surface area contributed by atoms with Crippen molar-refractivity contribution < 1.29 is 0 Å². The Morgan fingerprint density at radius 1 is 1.30 bits per heavy atom. The lowest BCUT2D eigenvalue weighted by Crippen LogP contribution is -2.38. The van der Waals surface area contributed by atoms with E-state index in [1.165, 1.54) is 32.4 Å². The van der Waals surface area contributed by atoms with Crippen molar-refractivity contribution in [1.82, 2.24) is 14.7 Å². The molecule has 5 nitrogen and oxygen atoms in total. The molecule has 0 amide bonds. The standard InChI is InChI=1S/C15H29N5/c1-4-8-13-14(16)15(19(3)18-13)17-12(2)11-20-9-6-5-7-10-20/h12,17H,4-11,16H2,1-3H3. The highest BCUT2D eigenvalue weighted by molar-refractivity contribution is 5.65. The van der Waals surface area contributed by atoms with E-state index >= 15 is 0 Å². The number of rotatable bonds is 6. The Hall–Kier alpha value is -1.23. The fourth-order valence-electron chi connectivity index (χ4n) is 3.00. The van der Waals surface area contributed by atoms with E-state index in [1.54, 1.807) is 0 Å². The third kappa shape index (κ3) is 3.66. The van der Waals surface area contributed by atoms with Gasteiger partial charge in [-0.3, -0.25) is 4.68 Å². The van der Waals surface area contributed by atoms with Crippen LogP contribution in [0.15, 0.2) is 0 Å². The number of likely N-dealkylation sites (tertiary alicyclic amines) is 1. The molecule has 20 heavy (non-hydrogen) atoms. The van der Waals surface area contributed by atoms with E-state index in [9.17, 15) is 0 Å². The van der Waals surface area contributed by atoms with Gasteiger partial charge in [-0.2, -0.15) is 5.10 Å². The van der Waals surface area contributed by atoms with Gasteiger partial charge in [0, 0.05) is 19.6 Å². The largest absolute Gasteiger partial charge is 0.394 e. The number of hydrogen-bond donors (Lipinski definition) is 2. The molecule has 1 aliphatic heterocycles. The zero-order chi connectivity index (χ0) is 14.5. The fourth-order valence-corrected chi connectivity index (χ4v) is 3.00. The van der Waals surface area contributed by atoms with Gasteiger partial charge in [-0.05, 0) is 39.3 Å². The van der Waals surface area contributed by atoms with Crippen LogP contribution < -0.4 is 11.1 Å². The molecule has 0 radical (unpaired) electrons. The number of nitrogens with two attached hydrogens (primary N) is 1. The van der Waals surface area contributed by atoms with E-state index in [4.69, 9.17) is 5.73 Å². The molecule has 0 aliphatic carbocycles. The SMILES string of the molecule is CCCc1nn(C)c(NC(C)CN2CCCCC2)c1N. The van der Waals surface area contributed by atoms with E-state index in [0.717, 1.165) is 36.6 Å². The van der Waals surface area contributed by atoms with Gasteiger partial charge in [0.25, 0.3) is 0 Å². The van der Waals surface area contributed by atoms with Gasteiger partial charge >= 0.3 is 0 Å². The zero-order valence-corrected chi connectivity index (χ0v) is 13.2. The first-order valence-corrected chi connectivity index (χ1v) is 7.92. The second-order valence-corrected chi connectivity index (χ2v) is 5.99. The molecule has 0 bridgehead atoms. The average Bonchev–Trinajstić information content (AvgIpc) is 2.68. The summed E-state index contributed by atoms with van der Waals surface area (Å²) < 4.78 is 1.88. The number of aromatic nitrogens is 2. The van der Waals surface area contributed by atoms with E-state index in [1.807, 2.05) is 11.7 Å². The van der Waals surface area contributed by atoms with E-state index in [-0.39, 0.29) is 0 Å². The molecule has 1 atom stereocenters. The van der Waals surface area contributed by atoms with Gasteiger partial charge < -0.3 is 16.0 Å². The van der Waals surface area contributed by atoms with Crippen LogP contribution in [0.2, 0.25) is 0 Å². The first-order valence-electron chi connectivity index (χ1n) is 7.92. The first-order chi connectivity index (χ1) is 9.61. The first kappa shape index (κ1) is 15.2. The molecule has 0 saturated carbocycles. The molecule has 5 heteroatoms. The number of nitrogens with one attached hydrogen (secondary N) is 1. The molecule has 2 rings (SSSR count). The molecule has 1 unspecified atom stereocenters. The van der Waals surface area contributed by atoms with E-state index in [2.05, 4.69) is 29.2 Å². The van der Waals surface area contributed by atoms with Crippen molar-refractivity contribution >= 4 is 11.5 Å². The molecular weight excluding hydrogens is 250 g/mol. The molecule has 1 fully saturated rings. The van der Waals surface area contributed by atoms with Gasteiger partial charge in [0.15, 0.2) is 0 Å². The maximum Gasteiger partial charge on any atom is 0.148 e. The molecule has 3 N–H and O–H groups in total. The Morgan fingerprint density at radius 2 is 2.00 bits per heavy atom. The summed E-state index contributed by atoms with van der Waals surface area (Å²) in [6.45, 7) is 7.91. The van der Waals surface area contributed by atoms with Gasteiger partial charge in [-0.15, -0.1) is 0 Å². The Labute approximate surface area is 122 Å². The van der Waals surface area contributed by atoms with Crippen LogP contribution in [0.1, 0.15) is 45.2 Å². The number of piperidine rings is 1. The number of nitrogens with zero attached hydrogens (tertiary/aromatic N) is 3. The average molecular weight is 279 g/mol. The van der Waals surface area contributed by atoms with Crippen LogP contribution in [0.3, 0.4) is 0 Å². The van der Waals surface area contributed by atoms with Crippen molar-refractivity contribution in [2.75, 3.05) is 30.7 Å². The normalized spacial score (nSPS) is 18.1. The highest BCUT2D eigenvalue weighted by Crippen LogP contribution is 2.24. The quantitative estimate of drug-likeness (QED) is 0.838. The van der Waals surface area contributed by atoms with Gasteiger partial charge in [0.05, 0.1) is 11.4 Å². The predicted octanol–water partition coefficient (Wildman–Crippen LogP) is 2.24. The summed E-state index contributed by atoms with van der Waals surface area (Å²) in [7, 11) is 1.96. The lowest BCUT2D eigenvalue weighted by molar-refractivity contribution is 0.223. The summed E-state index contributed by atoms with van der Waals surface area (Å²) in [4.78, 5) is 2.54. The third-order valence-corrected chi connectivity index (χ3v) is 4.01. The Kier molecular flexibility index (Phi) is 5.29. The summed E-state index contributed by atoms with van der Waals surface area (Å²) in [5.74, 6) is 0.970. The maximum atomic E-state index is 6.21. The van der Waals surface area contributed by atoms with Crippen LogP contribution in [0.25, 0.3) is 0 Å². The molecule has 1 aromatic heterocycles. The molecular formula is C15H29N5. The van der Waals surface area contributed by atoms with E-state index in [0.29, 0.717) is 6.04 Å². The predicted molar refractivity (Wildman–Crippen MR) is 85.0 cm³/mol. The summed E-state index contributed by atoms with van der Waals surface area (Å²) in [5.41, 5.74) is 8.05. The molecule has 1 aromatic rings. The van der Waals surface area contributed by atoms with Crippen molar-refractivity contribution in [3.63, 3.8) is 0 Å². The van der Waals surface area contributed by atoms with Crippen LogP contribution in [-0.4, -0.2) is 40.4 Å². The molecule has 1 saturated heterocycles. The van der Waals surface area contributed by atoms with Gasteiger partial charge in [-0.1, -0.05) is 19.8 Å². The van der Waals surface area contributed by atoms with Crippen molar-refractivity contribution in [1.29, 1.82) is 0 Å². The van der Waals surface area contributed by atoms with E-state index < -0.39 is 0 Å². The number of hydrogen-bond acceptors (Lipinski definition) is 4. The minimum absolute atomic E-state index is 0.389. The summed E-state index contributed by atoms with van der Waals surface area (Å²) >= 11 is 0. The smallest absolute Gasteiger partial charge is 0.148 e. The van der Waals surface area contributed by atoms with Gasteiger partial charge in [0.1, 0.15) is 5.82 Å². The fraction of sp³-hybridized carbons (Fsp3) is 0.800. The summed E-state index contributed by atoms with van der Waals surface area (Å²) in [6, 6.07) is 0.389. The molecule has 2 heterocycles. The van der Waals surface area contributed by atoms with Crippen LogP contribution in [0.5, 0.6) is 0 Å². The Morgan fingerprint density at radius 3 is 2.65 bits per heavy atom.